The molecule has 1 aromatic rings. The third-order valence-corrected chi connectivity index (χ3v) is 5.67. The van der Waals surface area contributed by atoms with Crippen LogP contribution in [0.1, 0.15) is 32.1 Å². The van der Waals surface area contributed by atoms with Crippen LogP contribution in [0.3, 0.4) is 0 Å². The highest BCUT2D eigenvalue weighted by atomic mass is 16.5. The normalized spacial score (nSPS) is 19.7. The maximum Gasteiger partial charge on any atom is 0.236 e. The molecule has 0 N–H and O–H groups in total. The Morgan fingerprint density at radius 1 is 1.16 bits per heavy atom. The maximum absolute atomic E-state index is 12.6. The van der Waals surface area contributed by atoms with Gasteiger partial charge in [0.25, 0.3) is 0 Å². The molecule has 5 nitrogen and oxygen atoms in total. The maximum atomic E-state index is 12.6. The van der Waals surface area contributed by atoms with Crippen LogP contribution in [0.4, 0.5) is 5.69 Å². The van der Waals surface area contributed by atoms with Gasteiger partial charge in [0.15, 0.2) is 0 Å². The van der Waals surface area contributed by atoms with E-state index in [0.29, 0.717) is 12.6 Å². The van der Waals surface area contributed by atoms with Crippen molar-refractivity contribution in [3.8, 4) is 5.75 Å². The van der Waals surface area contributed by atoms with E-state index >= 15 is 0 Å². The number of carbonyl (C=O) groups is 1. The molecular weight excluding hydrogens is 314 g/mol. The van der Waals surface area contributed by atoms with E-state index in [0.717, 1.165) is 31.9 Å². The van der Waals surface area contributed by atoms with Crippen molar-refractivity contribution in [3.05, 3.63) is 24.3 Å². The van der Waals surface area contributed by atoms with E-state index < -0.39 is 0 Å². The molecule has 0 unspecified atom stereocenters. The molecule has 3 rings (SSSR count). The summed E-state index contributed by atoms with van der Waals surface area (Å²) in [6.07, 6.45) is 6.20. The molecule has 1 aliphatic carbocycles. The highest BCUT2D eigenvalue weighted by Crippen LogP contribution is 2.23. The van der Waals surface area contributed by atoms with Crippen molar-refractivity contribution in [2.24, 2.45) is 0 Å². The summed E-state index contributed by atoms with van der Waals surface area (Å²) < 4.78 is 5.32. The van der Waals surface area contributed by atoms with Gasteiger partial charge in [-0.3, -0.25) is 9.69 Å². The fourth-order valence-electron chi connectivity index (χ4n) is 3.95. The van der Waals surface area contributed by atoms with Crippen LogP contribution in [0.15, 0.2) is 24.3 Å². The molecule has 2 fully saturated rings. The topological polar surface area (TPSA) is 36.0 Å². The van der Waals surface area contributed by atoms with Crippen LogP contribution in [0.2, 0.25) is 0 Å². The van der Waals surface area contributed by atoms with Crippen LogP contribution in [-0.2, 0) is 4.79 Å². The number of hydrogen-bond acceptors (Lipinski definition) is 4. The number of nitrogens with zero attached hydrogens (tertiary/aromatic N) is 3. The van der Waals surface area contributed by atoms with Crippen molar-refractivity contribution in [2.45, 2.75) is 38.1 Å². The predicted molar refractivity (Wildman–Crippen MR) is 101 cm³/mol. The smallest absolute Gasteiger partial charge is 0.236 e. The first-order valence-electron chi connectivity index (χ1n) is 9.54. The quantitative estimate of drug-likeness (QED) is 0.822. The van der Waals surface area contributed by atoms with E-state index in [1.54, 1.807) is 7.11 Å². The van der Waals surface area contributed by atoms with Gasteiger partial charge in [0.2, 0.25) is 5.91 Å². The number of rotatable bonds is 5. The zero-order valence-corrected chi connectivity index (χ0v) is 15.6. The Bertz CT molecular complexity index is 564. The molecule has 1 saturated heterocycles. The van der Waals surface area contributed by atoms with Gasteiger partial charge in [0.05, 0.1) is 13.7 Å². The molecule has 1 aliphatic heterocycles. The molecular formula is C20H31N3O2. The summed E-state index contributed by atoms with van der Waals surface area (Å²) in [4.78, 5) is 19.3. The number of carbonyl (C=O) groups excluding carboxylic acids is 1. The molecule has 1 aromatic carbocycles. The van der Waals surface area contributed by atoms with Crippen LogP contribution in [0.5, 0.6) is 5.75 Å². The summed E-state index contributed by atoms with van der Waals surface area (Å²) >= 11 is 0. The standard InChI is InChI=1S/C20H31N3O2/c1-21(17-7-4-3-5-8-17)20(24)16-22-11-13-23(14-12-22)18-9-6-10-19(15-18)25-2/h6,9-10,15,17H,3-5,7-8,11-14,16H2,1-2H3. The highest BCUT2D eigenvalue weighted by molar-refractivity contribution is 5.78. The third kappa shape index (κ3) is 4.66. The fourth-order valence-corrected chi connectivity index (χ4v) is 3.95. The molecule has 1 heterocycles. The van der Waals surface area contributed by atoms with Crippen molar-refractivity contribution >= 4 is 11.6 Å². The first-order chi connectivity index (χ1) is 12.2. The lowest BCUT2D eigenvalue weighted by molar-refractivity contribution is -0.133. The summed E-state index contributed by atoms with van der Waals surface area (Å²) in [6.45, 7) is 4.32. The molecule has 1 amide bonds. The molecule has 0 radical (unpaired) electrons. The van der Waals surface area contributed by atoms with Gasteiger partial charge in [-0.25, -0.2) is 0 Å². The van der Waals surface area contributed by atoms with Gasteiger partial charge < -0.3 is 14.5 Å². The first-order valence-corrected chi connectivity index (χ1v) is 9.54. The largest absolute Gasteiger partial charge is 0.497 e. The molecule has 0 bridgehead atoms. The second kappa shape index (κ2) is 8.56. The molecule has 1 saturated carbocycles. The average molecular weight is 345 g/mol. The summed E-state index contributed by atoms with van der Waals surface area (Å²) in [7, 11) is 3.69. The van der Waals surface area contributed by atoms with Gasteiger partial charge in [-0.1, -0.05) is 25.3 Å². The van der Waals surface area contributed by atoms with Crippen LogP contribution < -0.4 is 9.64 Å². The van der Waals surface area contributed by atoms with Gasteiger partial charge >= 0.3 is 0 Å². The minimum atomic E-state index is 0.279. The van der Waals surface area contributed by atoms with Gasteiger partial charge in [-0.15, -0.1) is 0 Å². The number of hydrogen-bond donors (Lipinski definition) is 0. The third-order valence-electron chi connectivity index (χ3n) is 5.67. The lowest BCUT2D eigenvalue weighted by Crippen LogP contribution is -2.51. The number of amides is 1. The summed E-state index contributed by atoms with van der Waals surface area (Å²) in [5.41, 5.74) is 1.20. The summed E-state index contributed by atoms with van der Waals surface area (Å²) in [5.74, 6) is 1.17. The molecule has 138 valence electrons. The second-order valence-corrected chi connectivity index (χ2v) is 7.26. The summed E-state index contributed by atoms with van der Waals surface area (Å²) in [6, 6.07) is 8.67. The monoisotopic (exact) mass is 345 g/mol. The van der Waals surface area contributed by atoms with E-state index in [4.69, 9.17) is 4.74 Å². The van der Waals surface area contributed by atoms with Gasteiger partial charge in [-0.05, 0) is 25.0 Å². The van der Waals surface area contributed by atoms with Crippen LogP contribution in [-0.4, -0.2) is 68.6 Å². The Morgan fingerprint density at radius 2 is 1.88 bits per heavy atom. The minimum Gasteiger partial charge on any atom is -0.497 e. The lowest BCUT2D eigenvalue weighted by Gasteiger charge is -2.37. The Labute approximate surface area is 151 Å². The van der Waals surface area contributed by atoms with Crippen molar-refractivity contribution in [2.75, 3.05) is 51.8 Å². The van der Waals surface area contributed by atoms with E-state index in [2.05, 4.69) is 21.9 Å². The fraction of sp³-hybridized carbons (Fsp3) is 0.650. The molecule has 5 heteroatoms. The first kappa shape index (κ1) is 18.1. The Hall–Kier alpha value is -1.75. The van der Waals surface area contributed by atoms with E-state index in [9.17, 15) is 4.79 Å². The van der Waals surface area contributed by atoms with Crippen molar-refractivity contribution in [1.29, 1.82) is 0 Å². The van der Waals surface area contributed by atoms with E-state index in [1.165, 1.54) is 37.8 Å². The van der Waals surface area contributed by atoms with Gasteiger partial charge in [0.1, 0.15) is 5.75 Å². The number of ether oxygens (including phenoxy) is 1. The van der Waals surface area contributed by atoms with Crippen molar-refractivity contribution in [1.82, 2.24) is 9.80 Å². The van der Waals surface area contributed by atoms with Gasteiger partial charge in [-0.2, -0.15) is 0 Å². The predicted octanol–water partition coefficient (Wildman–Crippen LogP) is 2.61. The van der Waals surface area contributed by atoms with E-state index in [-0.39, 0.29) is 5.91 Å². The summed E-state index contributed by atoms with van der Waals surface area (Å²) in [5, 5.41) is 0. The molecule has 0 atom stereocenters. The number of anilines is 1. The van der Waals surface area contributed by atoms with Crippen LogP contribution in [0, 0.1) is 0 Å². The molecule has 25 heavy (non-hydrogen) atoms. The van der Waals surface area contributed by atoms with Crippen molar-refractivity contribution in [3.63, 3.8) is 0 Å². The number of likely N-dealkylation sites (N-methyl/N-ethyl adjacent to an activating group) is 1. The Morgan fingerprint density at radius 3 is 2.56 bits per heavy atom. The Kier molecular flexibility index (Phi) is 6.19. The number of benzene rings is 1. The zero-order valence-electron chi connectivity index (χ0n) is 15.6. The Balaban J connectivity index is 1.47. The molecule has 0 aromatic heterocycles. The minimum absolute atomic E-state index is 0.279. The van der Waals surface area contributed by atoms with Crippen LogP contribution >= 0.6 is 0 Å². The zero-order chi connectivity index (χ0) is 17.6. The SMILES string of the molecule is COc1cccc(N2CCN(CC(=O)N(C)C3CCCCC3)CC2)c1. The molecule has 2 aliphatic rings. The van der Waals surface area contributed by atoms with Crippen molar-refractivity contribution < 1.29 is 9.53 Å². The van der Waals surface area contributed by atoms with Crippen LogP contribution in [0.25, 0.3) is 0 Å². The number of methoxy groups -OCH3 is 1. The molecule has 0 spiro atoms. The lowest BCUT2D eigenvalue weighted by atomic mass is 9.94. The second-order valence-electron chi connectivity index (χ2n) is 7.26. The van der Waals surface area contributed by atoms with E-state index in [1.807, 2.05) is 24.1 Å². The average Bonchev–Trinajstić information content (AvgIpc) is 2.68. The highest BCUT2D eigenvalue weighted by Gasteiger charge is 2.25. The van der Waals surface area contributed by atoms with Gasteiger partial charge in [0, 0.05) is 51.0 Å². The number of piperazine rings is 1.